The first-order valence-electron chi connectivity index (χ1n) is 7.84. The summed E-state index contributed by atoms with van der Waals surface area (Å²) in [5, 5.41) is 0. The average Bonchev–Trinajstić information content (AvgIpc) is 2.86. The van der Waals surface area contributed by atoms with Gasteiger partial charge >= 0.3 is 6.09 Å². The smallest absolute Gasteiger partial charge is 0.410 e. The zero-order valence-corrected chi connectivity index (χ0v) is 14.2. The summed E-state index contributed by atoms with van der Waals surface area (Å²) in [6, 6.07) is 8.17. The second-order valence-electron chi connectivity index (χ2n) is 7.00. The first-order valence-corrected chi connectivity index (χ1v) is 7.84. The van der Waals surface area contributed by atoms with Crippen molar-refractivity contribution < 1.29 is 9.53 Å². The fourth-order valence-corrected chi connectivity index (χ4v) is 2.59. The van der Waals surface area contributed by atoms with Crippen molar-refractivity contribution in [1.29, 1.82) is 0 Å². The summed E-state index contributed by atoms with van der Waals surface area (Å²) in [7, 11) is 0. The standard InChI is InChI=1S/C18H26N2O2/c1-13-7-6-8-16(11-13)19-14(2)15-9-10-20(12-15)17(21)22-18(3,4)5/h6-8,11,15H,9-10,12H2,1-5H3. The highest BCUT2D eigenvalue weighted by Gasteiger charge is 2.30. The maximum Gasteiger partial charge on any atom is 0.410 e. The Hall–Kier alpha value is -1.84. The first kappa shape index (κ1) is 16.5. The van der Waals surface area contributed by atoms with E-state index in [2.05, 4.69) is 19.1 Å². The molecule has 1 heterocycles. The Labute approximate surface area is 133 Å². The van der Waals surface area contributed by atoms with Gasteiger partial charge in [-0.3, -0.25) is 4.99 Å². The molecular formula is C18H26N2O2. The van der Waals surface area contributed by atoms with Gasteiger partial charge in [-0.1, -0.05) is 12.1 Å². The lowest BCUT2D eigenvalue weighted by Gasteiger charge is -2.24. The number of hydrogen-bond donors (Lipinski definition) is 0. The fourth-order valence-electron chi connectivity index (χ4n) is 2.59. The molecule has 4 nitrogen and oxygen atoms in total. The average molecular weight is 302 g/mol. The van der Waals surface area contributed by atoms with Crippen molar-refractivity contribution in [2.75, 3.05) is 13.1 Å². The number of benzene rings is 1. The topological polar surface area (TPSA) is 41.9 Å². The molecule has 1 aliphatic heterocycles. The van der Waals surface area contributed by atoms with Crippen LogP contribution in [0.4, 0.5) is 10.5 Å². The molecule has 1 aromatic carbocycles. The number of carbonyl (C=O) groups is 1. The van der Waals surface area contributed by atoms with Gasteiger partial charge in [-0.2, -0.15) is 0 Å². The van der Waals surface area contributed by atoms with Gasteiger partial charge in [0.15, 0.2) is 0 Å². The molecule has 1 amide bonds. The highest BCUT2D eigenvalue weighted by Crippen LogP contribution is 2.23. The molecule has 0 aliphatic carbocycles. The molecule has 0 bridgehead atoms. The van der Waals surface area contributed by atoms with Crippen molar-refractivity contribution in [3.05, 3.63) is 29.8 Å². The molecule has 1 saturated heterocycles. The van der Waals surface area contributed by atoms with E-state index in [1.807, 2.05) is 39.8 Å². The number of ether oxygens (including phenoxy) is 1. The highest BCUT2D eigenvalue weighted by atomic mass is 16.6. The predicted molar refractivity (Wildman–Crippen MR) is 89.9 cm³/mol. The van der Waals surface area contributed by atoms with E-state index in [1.165, 1.54) is 5.56 Å². The number of amides is 1. The summed E-state index contributed by atoms with van der Waals surface area (Å²) in [6.07, 6.45) is 0.721. The minimum Gasteiger partial charge on any atom is -0.444 e. The predicted octanol–water partition coefficient (Wildman–Crippen LogP) is 4.34. The fraction of sp³-hybridized carbons (Fsp3) is 0.556. The molecule has 1 atom stereocenters. The molecule has 0 aromatic heterocycles. The Morgan fingerprint density at radius 1 is 1.36 bits per heavy atom. The van der Waals surface area contributed by atoms with E-state index < -0.39 is 5.60 Å². The molecule has 1 aromatic rings. The maximum absolute atomic E-state index is 12.1. The van der Waals surface area contributed by atoms with Gasteiger partial charge in [0.05, 0.1) is 5.69 Å². The second kappa shape index (κ2) is 6.51. The van der Waals surface area contributed by atoms with Gasteiger partial charge in [-0.25, -0.2) is 4.79 Å². The minimum atomic E-state index is -0.445. The number of nitrogens with zero attached hydrogens (tertiary/aromatic N) is 2. The summed E-state index contributed by atoms with van der Waals surface area (Å²) < 4.78 is 5.43. The summed E-state index contributed by atoms with van der Waals surface area (Å²) in [5.74, 6) is 0.313. The van der Waals surface area contributed by atoms with Crippen LogP contribution in [0.5, 0.6) is 0 Å². The Morgan fingerprint density at radius 2 is 2.09 bits per heavy atom. The molecular weight excluding hydrogens is 276 g/mol. The molecule has 4 heteroatoms. The lowest BCUT2D eigenvalue weighted by atomic mass is 10.0. The van der Waals surface area contributed by atoms with Crippen LogP contribution < -0.4 is 0 Å². The van der Waals surface area contributed by atoms with Crippen LogP contribution in [0.3, 0.4) is 0 Å². The maximum atomic E-state index is 12.1. The lowest BCUT2D eigenvalue weighted by Crippen LogP contribution is -2.35. The van der Waals surface area contributed by atoms with E-state index in [1.54, 1.807) is 4.90 Å². The number of likely N-dealkylation sites (tertiary alicyclic amines) is 1. The number of hydrogen-bond acceptors (Lipinski definition) is 3. The SMILES string of the molecule is CC(=Nc1cccc(C)c1)C1CCN(C(=O)OC(C)(C)C)C1. The molecule has 120 valence electrons. The molecule has 0 saturated carbocycles. The molecule has 1 fully saturated rings. The van der Waals surface area contributed by atoms with Crippen LogP contribution >= 0.6 is 0 Å². The van der Waals surface area contributed by atoms with E-state index in [9.17, 15) is 4.79 Å². The third-order valence-corrected chi connectivity index (χ3v) is 3.74. The Bertz CT molecular complexity index is 573. The minimum absolute atomic E-state index is 0.224. The normalized spacial score (nSPS) is 19.4. The van der Waals surface area contributed by atoms with Crippen LogP contribution in [0.2, 0.25) is 0 Å². The van der Waals surface area contributed by atoms with Crippen LogP contribution in [0.25, 0.3) is 0 Å². The summed E-state index contributed by atoms with van der Waals surface area (Å²) >= 11 is 0. The van der Waals surface area contributed by atoms with Gasteiger partial charge in [0.2, 0.25) is 0 Å². The van der Waals surface area contributed by atoms with Gasteiger partial charge in [0.25, 0.3) is 0 Å². The second-order valence-corrected chi connectivity index (χ2v) is 7.00. The van der Waals surface area contributed by atoms with E-state index in [4.69, 9.17) is 9.73 Å². The molecule has 22 heavy (non-hydrogen) atoms. The van der Waals surface area contributed by atoms with Crippen molar-refractivity contribution in [3.63, 3.8) is 0 Å². The van der Waals surface area contributed by atoms with Crippen molar-refractivity contribution in [2.24, 2.45) is 10.9 Å². The highest BCUT2D eigenvalue weighted by molar-refractivity contribution is 5.88. The number of aliphatic imine (C=N–C) groups is 1. The molecule has 2 rings (SSSR count). The Morgan fingerprint density at radius 3 is 2.73 bits per heavy atom. The van der Waals surface area contributed by atoms with Crippen LogP contribution in [-0.2, 0) is 4.74 Å². The molecule has 1 unspecified atom stereocenters. The first-order chi connectivity index (χ1) is 10.2. The number of carbonyl (C=O) groups excluding carboxylic acids is 1. The zero-order chi connectivity index (χ0) is 16.3. The molecule has 0 spiro atoms. The van der Waals surface area contributed by atoms with Crippen molar-refractivity contribution in [1.82, 2.24) is 4.90 Å². The van der Waals surface area contributed by atoms with E-state index in [0.717, 1.165) is 24.4 Å². The van der Waals surface area contributed by atoms with E-state index in [-0.39, 0.29) is 6.09 Å². The van der Waals surface area contributed by atoms with Gasteiger partial charge in [0, 0.05) is 24.7 Å². The Kier molecular flexibility index (Phi) is 4.89. The van der Waals surface area contributed by atoms with Crippen molar-refractivity contribution >= 4 is 17.5 Å². The van der Waals surface area contributed by atoms with Gasteiger partial charge in [-0.05, 0) is 58.7 Å². The van der Waals surface area contributed by atoms with Crippen molar-refractivity contribution in [3.8, 4) is 0 Å². The molecule has 1 aliphatic rings. The number of rotatable bonds is 2. The van der Waals surface area contributed by atoms with E-state index >= 15 is 0 Å². The van der Waals surface area contributed by atoms with Gasteiger partial charge in [-0.15, -0.1) is 0 Å². The van der Waals surface area contributed by atoms with Crippen LogP contribution in [0.1, 0.15) is 39.7 Å². The molecule has 0 radical (unpaired) electrons. The van der Waals surface area contributed by atoms with Gasteiger partial charge in [0.1, 0.15) is 5.60 Å². The van der Waals surface area contributed by atoms with E-state index in [0.29, 0.717) is 12.5 Å². The third kappa shape index (κ3) is 4.58. The van der Waals surface area contributed by atoms with Crippen LogP contribution in [0, 0.1) is 12.8 Å². The third-order valence-electron chi connectivity index (χ3n) is 3.74. The lowest BCUT2D eigenvalue weighted by molar-refractivity contribution is 0.0292. The van der Waals surface area contributed by atoms with Gasteiger partial charge < -0.3 is 9.64 Å². The Balaban J connectivity index is 1.99. The van der Waals surface area contributed by atoms with Crippen LogP contribution in [0.15, 0.2) is 29.3 Å². The largest absolute Gasteiger partial charge is 0.444 e. The zero-order valence-electron chi connectivity index (χ0n) is 14.2. The monoisotopic (exact) mass is 302 g/mol. The summed E-state index contributed by atoms with van der Waals surface area (Å²) in [6.45, 7) is 11.2. The summed E-state index contributed by atoms with van der Waals surface area (Å²) in [4.78, 5) is 18.6. The quantitative estimate of drug-likeness (QED) is 0.762. The van der Waals surface area contributed by atoms with Crippen molar-refractivity contribution in [2.45, 2.75) is 46.6 Å². The summed E-state index contributed by atoms with van der Waals surface area (Å²) in [5.41, 5.74) is 2.82. The number of aryl methyl sites for hydroxylation is 1. The van der Waals surface area contributed by atoms with Crippen LogP contribution in [-0.4, -0.2) is 35.4 Å². The molecule has 0 N–H and O–H groups in total.